The molecule has 2 amide bonds. The van der Waals surface area contributed by atoms with Crippen LogP contribution in [0.15, 0.2) is 0 Å². The molecule has 0 spiro atoms. The second-order valence-electron chi connectivity index (χ2n) is 4.58. The first kappa shape index (κ1) is 10.5. The van der Waals surface area contributed by atoms with Crippen molar-refractivity contribution >= 4 is 11.8 Å². The highest BCUT2D eigenvalue weighted by Gasteiger charge is 2.27. The molecule has 1 saturated heterocycles. The number of amides is 2. The van der Waals surface area contributed by atoms with E-state index in [1.165, 1.54) is 19.3 Å². The van der Waals surface area contributed by atoms with Crippen LogP contribution in [0, 0.1) is 11.8 Å². The Morgan fingerprint density at radius 2 is 2.27 bits per heavy atom. The summed E-state index contributed by atoms with van der Waals surface area (Å²) in [6.07, 6.45) is 5.41. The summed E-state index contributed by atoms with van der Waals surface area (Å²) in [6, 6.07) is 0. The first-order valence-corrected chi connectivity index (χ1v) is 5.80. The summed E-state index contributed by atoms with van der Waals surface area (Å²) in [4.78, 5) is 22.4. The van der Waals surface area contributed by atoms with Crippen LogP contribution in [0.25, 0.3) is 0 Å². The Kier molecular flexibility index (Phi) is 3.23. The summed E-state index contributed by atoms with van der Waals surface area (Å²) in [6.45, 7) is 1.27. The van der Waals surface area contributed by atoms with Gasteiger partial charge in [0.05, 0.1) is 5.92 Å². The summed E-state index contributed by atoms with van der Waals surface area (Å²) < 4.78 is 0. The van der Waals surface area contributed by atoms with Gasteiger partial charge >= 0.3 is 0 Å². The molecule has 1 aliphatic heterocycles. The van der Waals surface area contributed by atoms with Crippen molar-refractivity contribution in [2.75, 3.05) is 13.1 Å². The lowest BCUT2D eigenvalue weighted by molar-refractivity contribution is -0.126. The minimum absolute atomic E-state index is 0.00636. The van der Waals surface area contributed by atoms with Gasteiger partial charge < -0.3 is 10.6 Å². The second kappa shape index (κ2) is 4.64. The highest BCUT2D eigenvalue weighted by Crippen LogP contribution is 2.33. The average Bonchev–Trinajstić information content (AvgIpc) is 2.94. The van der Waals surface area contributed by atoms with E-state index >= 15 is 0 Å². The molecule has 4 heteroatoms. The normalized spacial score (nSPS) is 25.1. The van der Waals surface area contributed by atoms with Crippen LogP contribution in [0.5, 0.6) is 0 Å². The predicted molar refractivity (Wildman–Crippen MR) is 56.1 cm³/mol. The highest BCUT2D eigenvalue weighted by molar-refractivity contribution is 5.89. The van der Waals surface area contributed by atoms with Crippen molar-refractivity contribution in [3.63, 3.8) is 0 Å². The van der Waals surface area contributed by atoms with Crippen LogP contribution in [-0.2, 0) is 9.59 Å². The van der Waals surface area contributed by atoms with Crippen molar-refractivity contribution in [1.82, 2.24) is 10.6 Å². The van der Waals surface area contributed by atoms with Gasteiger partial charge in [-0.25, -0.2) is 0 Å². The maximum Gasteiger partial charge on any atom is 0.225 e. The Morgan fingerprint density at radius 3 is 2.87 bits per heavy atom. The van der Waals surface area contributed by atoms with Crippen molar-refractivity contribution in [3.8, 4) is 0 Å². The zero-order valence-corrected chi connectivity index (χ0v) is 8.92. The molecule has 0 radical (unpaired) electrons. The molecule has 0 aromatic carbocycles. The standard InChI is InChI=1S/C11H18N2O2/c14-10-6-9(7-13-10)11(15)12-5-1-2-8-3-4-8/h8-9H,1-7H2,(H,12,15)(H,13,14). The number of carbonyl (C=O) groups is 2. The molecule has 0 bridgehead atoms. The largest absolute Gasteiger partial charge is 0.356 e. The summed E-state index contributed by atoms with van der Waals surface area (Å²) in [5, 5.41) is 5.57. The summed E-state index contributed by atoms with van der Waals surface area (Å²) in [5.41, 5.74) is 0. The van der Waals surface area contributed by atoms with Gasteiger partial charge in [0.2, 0.25) is 11.8 Å². The van der Waals surface area contributed by atoms with Crippen LogP contribution in [0.4, 0.5) is 0 Å². The Bertz CT molecular complexity index is 261. The quantitative estimate of drug-likeness (QED) is 0.646. The number of hydrogen-bond acceptors (Lipinski definition) is 2. The zero-order valence-electron chi connectivity index (χ0n) is 8.92. The topological polar surface area (TPSA) is 58.2 Å². The van der Waals surface area contributed by atoms with E-state index in [1.54, 1.807) is 0 Å². The number of nitrogens with one attached hydrogen (secondary N) is 2. The van der Waals surface area contributed by atoms with Gasteiger partial charge in [-0.3, -0.25) is 9.59 Å². The van der Waals surface area contributed by atoms with Gasteiger partial charge in [-0.1, -0.05) is 12.8 Å². The fourth-order valence-electron chi connectivity index (χ4n) is 1.94. The van der Waals surface area contributed by atoms with Gasteiger partial charge in [-0.15, -0.1) is 0 Å². The molecule has 2 aliphatic rings. The number of rotatable bonds is 5. The second-order valence-corrected chi connectivity index (χ2v) is 4.58. The van der Waals surface area contributed by atoms with E-state index in [0.29, 0.717) is 13.0 Å². The molecule has 15 heavy (non-hydrogen) atoms. The minimum atomic E-state index is -0.140. The fraction of sp³-hybridized carbons (Fsp3) is 0.818. The van der Waals surface area contributed by atoms with Crippen LogP contribution >= 0.6 is 0 Å². The SMILES string of the molecule is O=C1CC(C(=O)NCCCC2CC2)CN1. The Labute approximate surface area is 89.8 Å². The summed E-state index contributed by atoms with van der Waals surface area (Å²) in [7, 11) is 0. The molecule has 2 N–H and O–H groups in total. The van der Waals surface area contributed by atoms with Crippen molar-refractivity contribution in [2.24, 2.45) is 11.8 Å². The Balaban J connectivity index is 1.57. The van der Waals surface area contributed by atoms with Crippen LogP contribution < -0.4 is 10.6 Å². The Hall–Kier alpha value is -1.06. The van der Waals surface area contributed by atoms with E-state index < -0.39 is 0 Å². The lowest BCUT2D eigenvalue weighted by Gasteiger charge is -2.08. The van der Waals surface area contributed by atoms with Crippen molar-refractivity contribution in [1.29, 1.82) is 0 Å². The summed E-state index contributed by atoms with van der Waals surface area (Å²) in [5.74, 6) is 0.812. The van der Waals surface area contributed by atoms with E-state index in [9.17, 15) is 9.59 Å². The van der Waals surface area contributed by atoms with Crippen LogP contribution in [0.1, 0.15) is 32.1 Å². The van der Waals surface area contributed by atoms with Gasteiger partial charge in [0.1, 0.15) is 0 Å². The van der Waals surface area contributed by atoms with Gasteiger partial charge in [-0.05, 0) is 18.8 Å². The number of carbonyl (C=O) groups excluding carboxylic acids is 2. The maximum absolute atomic E-state index is 11.5. The molecule has 1 aliphatic carbocycles. The molecular formula is C11H18N2O2. The maximum atomic E-state index is 11.5. The molecule has 4 nitrogen and oxygen atoms in total. The first-order chi connectivity index (χ1) is 7.25. The minimum Gasteiger partial charge on any atom is -0.356 e. The molecule has 1 unspecified atom stereocenters. The van der Waals surface area contributed by atoms with E-state index in [0.717, 1.165) is 18.9 Å². The van der Waals surface area contributed by atoms with E-state index in [2.05, 4.69) is 10.6 Å². The first-order valence-electron chi connectivity index (χ1n) is 5.80. The molecule has 2 fully saturated rings. The molecule has 1 atom stereocenters. The van der Waals surface area contributed by atoms with Crippen LogP contribution in [-0.4, -0.2) is 24.9 Å². The smallest absolute Gasteiger partial charge is 0.225 e. The molecular weight excluding hydrogens is 192 g/mol. The lowest BCUT2D eigenvalue weighted by Crippen LogP contribution is -2.32. The van der Waals surface area contributed by atoms with Gasteiger partial charge in [0.15, 0.2) is 0 Å². The van der Waals surface area contributed by atoms with Gasteiger partial charge in [0.25, 0.3) is 0 Å². The van der Waals surface area contributed by atoms with E-state index in [1.807, 2.05) is 0 Å². The van der Waals surface area contributed by atoms with Crippen molar-refractivity contribution in [2.45, 2.75) is 32.1 Å². The van der Waals surface area contributed by atoms with Crippen molar-refractivity contribution in [3.05, 3.63) is 0 Å². The van der Waals surface area contributed by atoms with E-state index in [-0.39, 0.29) is 17.7 Å². The predicted octanol–water partition coefficient (Wildman–Crippen LogP) is 0.429. The monoisotopic (exact) mass is 210 g/mol. The average molecular weight is 210 g/mol. The molecule has 2 rings (SSSR count). The van der Waals surface area contributed by atoms with Crippen molar-refractivity contribution < 1.29 is 9.59 Å². The number of hydrogen-bond donors (Lipinski definition) is 2. The zero-order chi connectivity index (χ0) is 10.7. The molecule has 1 saturated carbocycles. The lowest BCUT2D eigenvalue weighted by atomic mass is 10.1. The van der Waals surface area contributed by atoms with Crippen LogP contribution in [0.3, 0.4) is 0 Å². The third-order valence-corrected chi connectivity index (χ3v) is 3.13. The summed E-state index contributed by atoms with van der Waals surface area (Å²) >= 11 is 0. The van der Waals surface area contributed by atoms with E-state index in [4.69, 9.17) is 0 Å². The molecule has 1 heterocycles. The van der Waals surface area contributed by atoms with Gasteiger partial charge in [0, 0.05) is 19.5 Å². The molecule has 84 valence electrons. The van der Waals surface area contributed by atoms with Crippen LogP contribution in [0.2, 0.25) is 0 Å². The van der Waals surface area contributed by atoms with Gasteiger partial charge in [-0.2, -0.15) is 0 Å². The molecule has 0 aromatic heterocycles. The third-order valence-electron chi connectivity index (χ3n) is 3.13. The highest BCUT2D eigenvalue weighted by atomic mass is 16.2. The molecule has 0 aromatic rings. The third kappa shape index (κ3) is 3.22. The Morgan fingerprint density at radius 1 is 1.47 bits per heavy atom. The fourth-order valence-corrected chi connectivity index (χ4v) is 1.94.